The van der Waals surface area contributed by atoms with Crippen molar-refractivity contribution in [3.05, 3.63) is 12.2 Å². The van der Waals surface area contributed by atoms with Crippen molar-refractivity contribution in [3.8, 4) is 0 Å². The van der Waals surface area contributed by atoms with Gasteiger partial charge in [-0.15, -0.1) is 0 Å². The lowest BCUT2D eigenvalue weighted by Crippen LogP contribution is -2.53. The first-order chi connectivity index (χ1) is 9.53. The van der Waals surface area contributed by atoms with Crippen LogP contribution in [0.4, 0.5) is 0 Å². The highest BCUT2D eigenvalue weighted by molar-refractivity contribution is 5.16. The summed E-state index contributed by atoms with van der Waals surface area (Å²) in [4.78, 5) is 0. The zero-order valence-corrected chi connectivity index (χ0v) is 13.1. The fourth-order valence-corrected chi connectivity index (χ4v) is 6.72. The maximum atomic E-state index is 10.0. The van der Waals surface area contributed by atoms with E-state index in [1.807, 2.05) is 0 Å². The van der Waals surface area contributed by atoms with Gasteiger partial charge in [-0.1, -0.05) is 26.0 Å². The third-order valence-corrected chi connectivity index (χ3v) is 7.96. The van der Waals surface area contributed by atoms with Gasteiger partial charge in [-0.25, -0.2) is 0 Å². The van der Waals surface area contributed by atoms with Crippen LogP contribution < -0.4 is 0 Å². The van der Waals surface area contributed by atoms with Gasteiger partial charge in [0.2, 0.25) is 0 Å². The number of rotatable bonds is 0. The van der Waals surface area contributed by atoms with E-state index in [-0.39, 0.29) is 6.10 Å². The summed E-state index contributed by atoms with van der Waals surface area (Å²) in [7, 11) is 0. The summed E-state index contributed by atoms with van der Waals surface area (Å²) < 4.78 is 0. The van der Waals surface area contributed by atoms with E-state index >= 15 is 0 Å². The average Bonchev–Trinajstić information content (AvgIpc) is 2.81. The van der Waals surface area contributed by atoms with Crippen molar-refractivity contribution in [2.75, 3.05) is 0 Å². The molecule has 3 saturated carbocycles. The highest BCUT2D eigenvalue weighted by Gasteiger charge is 2.56. The maximum Gasteiger partial charge on any atom is 0.0543 e. The Morgan fingerprint density at radius 2 is 1.85 bits per heavy atom. The average molecular weight is 274 g/mol. The number of hydrogen-bond donors (Lipinski definition) is 1. The van der Waals surface area contributed by atoms with Crippen LogP contribution in [0, 0.1) is 34.5 Å². The molecule has 0 aromatic heterocycles. The summed E-state index contributed by atoms with van der Waals surface area (Å²) in [5.74, 6) is 3.61. The van der Waals surface area contributed by atoms with Crippen LogP contribution in [0.1, 0.15) is 65.2 Å². The Bertz CT molecular complexity index is 427. The smallest absolute Gasteiger partial charge is 0.0543 e. The monoisotopic (exact) mass is 274 g/mol. The number of allylic oxidation sites excluding steroid dienone is 2. The Morgan fingerprint density at radius 1 is 1.00 bits per heavy atom. The second kappa shape index (κ2) is 4.35. The Morgan fingerprint density at radius 3 is 2.70 bits per heavy atom. The van der Waals surface area contributed by atoms with Gasteiger partial charge in [-0.05, 0) is 85.9 Å². The van der Waals surface area contributed by atoms with Crippen molar-refractivity contribution < 1.29 is 5.11 Å². The molecule has 1 N–H and O–H groups in total. The molecule has 0 saturated heterocycles. The van der Waals surface area contributed by atoms with Crippen LogP contribution in [0.25, 0.3) is 0 Å². The molecular formula is C19H30O. The fourth-order valence-electron chi connectivity index (χ4n) is 6.72. The molecule has 3 fully saturated rings. The molecule has 1 nitrogen and oxygen atoms in total. The highest BCUT2D eigenvalue weighted by Crippen LogP contribution is 2.64. The van der Waals surface area contributed by atoms with Crippen molar-refractivity contribution in [1.82, 2.24) is 0 Å². The van der Waals surface area contributed by atoms with E-state index in [2.05, 4.69) is 26.0 Å². The SMILES string of the molecule is C[C@]12CC[C@@H](O)C[C@H]1CC[C@@H]1[C@@H]2CC[C@]2(C)C=CC[C@@H]12. The molecule has 112 valence electrons. The minimum Gasteiger partial charge on any atom is -0.393 e. The van der Waals surface area contributed by atoms with E-state index in [1.165, 1.54) is 38.5 Å². The van der Waals surface area contributed by atoms with Gasteiger partial charge in [0.15, 0.2) is 0 Å². The molecule has 0 heterocycles. The van der Waals surface area contributed by atoms with Gasteiger partial charge in [-0.2, -0.15) is 0 Å². The van der Waals surface area contributed by atoms with Gasteiger partial charge < -0.3 is 5.11 Å². The van der Waals surface area contributed by atoms with Crippen molar-refractivity contribution in [3.63, 3.8) is 0 Å². The largest absolute Gasteiger partial charge is 0.393 e. The molecule has 0 aromatic carbocycles. The Kier molecular flexibility index (Phi) is 2.91. The van der Waals surface area contributed by atoms with E-state index in [4.69, 9.17) is 0 Å². The van der Waals surface area contributed by atoms with Crippen molar-refractivity contribution in [2.24, 2.45) is 34.5 Å². The minimum atomic E-state index is -0.00775. The number of fused-ring (bicyclic) bond motifs is 5. The van der Waals surface area contributed by atoms with Gasteiger partial charge in [0.05, 0.1) is 6.10 Å². The van der Waals surface area contributed by atoms with Gasteiger partial charge in [0, 0.05) is 0 Å². The van der Waals surface area contributed by atoms with Gasteiger partial charge >= 0.3 is 0 Å². The molecule has 0 radical (unpaired) electrons. The van der Waals surface area contributed by atoms with E-state index in [0.717, 1.165) is 36.5 Å². The van der Waals surface area contributed by atoms with Crippen molar-refractivity contribution in [1.29, 1.82) is 0 Å². The molecular weight excluding hydrogens is 244 g/mol. The topological polar surface area (TPSA) is 20.2 Å². The second-order valence-corrected chi connectivity index (χ2v) is 8.77. The van der Waals surface area contributed by atoms with Crippen LogP contribution >= 0.6 is 0 Å². The van der Waals surface area contributed by atoms with Gasteiger partial charge in [0.25, 0.3) is 0 Å². The van der Waals surface area contributed by atoms with Gasteiger partial charge in [-0.3, -0.25) is 0 Å². The minimum absolute atomic E-state index is 0.00775. The first kappa shape index (κ1) is 13.4. The third kappa shape index (κ3) is 1.71. The standard InChI is InChI=1S/C19H30O/c1-18-9-3-4-16(18)15-6-5-13-12-14(20)7-11-19(13,2)17(15)8-10-18/h3,9,13-17,20H,4-8,10-12H2,1-2H3/t13-,14-,15+,16+,17+,18+,19+/m1/s1. The molecule has 4 rings (SSSR count). The lowest BCUT2D eigenvalue weighted by molar-refractivity contribution is -0.116. The number of aliphatic hydroxyl groups is 1. The summed E-state index contributed by atoms with van der Waals surface area (Å²) in [6.07, 6.45) is 15.4. The molecule has 4 aliphatic rings. The molecule has 0 aliphatic heterocycles. The maximum absolute atomic E-state index is 10.0. The van der Waals surface area contributed by atoms with E-state index in [1.54, 1.807) is 0 Å². The fraction of sp³-hybridized carbons (Fsp3) is 0.895. The van der Waals surface area contributed by atoms with Crippen LogP contribution in [-0.4, -0.2) is 11.2 Å². The molecule has 7 atom stereocenters. The normalized spacial score (nSPS) is 57.9. The number of hydrogen-bond acceptors (Lipinski definition) is 1. The van der Waals surface area contributed by atoms with Crippen molar-refractivity contribution in [2.45, 2.75) is 71.3 Å². The Hall–Kier alpha value is -0.300. The third-order valence-electron chi connectivity index (χ3n) is 7.96. The predicted octanol–water partition coefficient (Wildman–Crippen LogP) is 4.56. The van der Waals surface area contributed by atoms with Crippen LogP contribution in [0.3, 0.4) is 0 Å². The summed E-state index contributed by atoms with van der Waals surface area (Å²) in [5, 5.41) is 10.0. The van der Waals surface area contributed by atoms with Crippen LogP contribution in [0.5, 0.6) is 0 Å². The quantitative estimate of drug-likeness (QED) is 0.642. The van der Waals surface area contributed by atoms with E-state index < -0.39 is 0 Å². The zero-order valence-electron chi connectivity index (χ0n) is 13.1. The molecule has 0 amide bonds. The summed E-state index contributed by atoms with van der Waals surface area (Å²) in [6.45, 7) is 5.09. The first-order valence-electron chi connectivity index (χ1n) is 8.89. The molecule has 0 aromatic rings. The predicted molar refractivity (Wildman–Crippen MR) is 82.3 cm³/mol. The summed E-state index contributed by atoms with van der Waals surface area (Å²) in [5.41, 5.74) is 1.05. The van der Waals surface area contributed by atoms with E-state index in [9.17, 15) is 5.11 Å². The second-order valence-electron chi connectivity index (χ2n) is 8.77. The van der Waals surface area contributed by atoms with Crippen LogP contribution in [0.15, 0.2) is 12.2 Å². The Balaban J connectivity index is 1.63. The lowest BCUT2D eigenvalue weighted by atomic mass is 9.45. The Labute approximate surface area is 123 Å². The van der Waals surface area contributed by atoms with Gasteiger partial charge in [0.1, 0.15) is 0 Å². The van der Waals surface area contributed by atoms with Crippen molar-refractivity contribution >= 4 is 0 Å². The molecule has 1 heteroatoms. The summed E-state index contributed by atoms with van der Waals surface area (Å²) >= 11 is 0. The lowest BCUT2D eigenvalue weighted by Gasteiger charge is -2.60. The molecule has 0 spiro atoms. The summed E-state index contributed by atoms with van der Waals surface area (Å²) in [6, 6.07) is 0. The molecule has 20 heavy (non-hydrogen) atoms. The van der Waals surface area contributed by atoms with Crippen LogP contribution in [-0.2, 0) is 0 Å². The molecule has 0 unspecified atom stereocenters. The van der Waals surface area contributed by atoms with E-state index in [0.29, 0.717) is 10.8 Å². The van der Waals surface area contributed by atoms with Crippen LogP contribution in [0.2, 0.25) is 0 Å². The zero-order chi connectivity index (χ0) is 14.0. The molecule has 4 aliphatic carbocycles. The first-order valence-corrected chi connectivity index (χ1v) is 8.89. The molecule has 0 bridgehead atoms. The highest BCUT2D eigenvalue weighted by atomic mass is 16.3. The number of aliphatic hydroxyl groups excluding tert-OH is 1.